The molecule has 0 heterocycles. The van der Waals surface area contributed by atoms with Crippen LogP contribution in [0, 0.1) is 0 Å². The Labute approximate surface area is 200 Å². The second-order valence-corrected chi connectivity index (χ2v) is 9.96. The third kappa shape index (κ3) is 5.18. The van der Waals surface area contributed by atoms with Gasteiger partial charge < -0.3 is 5.11 Å². The summed E-state index contributed by atoms with van der Waals surface area (Å²) in [6.07, 6.45) is 11.3. The van der Waals surface area contributed by atoms with Gasteiger partial charge in [-0.15, -0.1) is 0 Å². The highest BCUT2D eigenvalue weighted by Crippen LogP contribution is 2.44. The molecular weight excluding hydrogens is 400 g/mol. The molecule has 2 unspecified atom stereocenters. The molecule has 2 atom stereocenters. The second kappa shape index (κ2) is 11.1. The van der Waals surface area contributed by atoms with Crippen LogP contribution < -0.4 is 0 Å². The summed E-state index contributed by atoms with van der Waals surface area (Å²) in [5, 5.41) is 11.1. The molecule has 0 saturated carbocycles. The van der Waals surface area contributed by atoms with Gasteiger partial charge in [-0.3, -0.25) is 0 Å². The van der Waals surface area contributed by atoms with Gasteiger partial charge in [0.1, 0.15) is 5.75 Å². The van der Waals surface area contributed by atoms with Gasteiger partial charge in [-0.2, -0.15) is 0 Å². The third-order valence-electron chi connectivity index (χ3n) is 7.69. The van der Waals surface area contributed by atoms with Crippen LogP contribution in [0.3, 0.4) is 0 Å². The van der Waals surface area contributed by atoms with Crippen molar-refractivity contribution in [3.05, 3.63) is 99.6 Å². The average molecular weight is 441 g/mol. The molecule has 0 spiro atoms. The molecule has 0 aliphatic heterocycles. The number of hydrogen-bond donors (Lipinski definition) is 1. The number of aromatic hydroxyl groups is 1. The van der Waals surface area contributed by atoms with E-state index in [2.05, 4.69) is 75.4 Å². The van der Waals surface area contributed by atoms with E-state index < -0.39 is 0 Å². The molecule has 1 aliphatic rings. The van der Waals surface area contributed by atoms with Crippen LogP contribution in [0.2, 0.25) is 0 Å². The van der Waals surface area contributed by atoms with Gasteiger partial charge in [0.05, 0.1) is 0 Å². The quantitative estimate of drug-likeness (QED) is 0.347. The van der Waals surface area contributed by atoms with Crippen LogP contribution in [0.1, 0.15) is 116 Å². The first-order chi connectivity index (χ1) is 16.1. The summed E-state index contributed by atoms with van der Waals surface area (Å²) in [6.45, 7) is 6.89. The molecule has 1 heteroatoms. The van der Waals surface area contributed by atoms with E-state index in [9.17, 15) is 5.11 Å². The summed E-state index contributed by atoms with van der Waals surface area (Å²) in [4.78, 5) is 0. The number of unbranched alkanes of at least 4 members (excludes halogenated alkanes) is 6. The Balaban J connectivity index is 1.73. The summed E-state index contributed by atoms with van der Waals surface area (Å²) < 4.78 is 0. The fourth-order valence-corrected chi connectivity index (χ4v) is 5.88. The molecule has 0 amide bonds. The van der Waals surface area contributed by atoms with Gasteiger partial charge in [0.2, 0.25) is 0 Å². The van der Waals surface area contributed by atoms with Crippen molar-refractivity contribution in [2.24, 2.45) is 0 Å². The van der Waals surface area contributed by atoms with Gasteiger partial charge >= 0.3 is 0 Å². The van der Waals surface area contributed by atoms with Gasteiger partial charge in [0.15, 0.2) is 0 Å². The number of phenols is 1. The first kappa shape index (κ1) is 23.6. The highest BCUT2D eigenvalue weighted by molar-refractivity contribution is 5.57. The van der Waals surface area contributed by atoms with Crippen LogP contribution in [0.15, 0.2) is 60.7 Å². The van der Waals surface area contributed by atoms with Gasteiger partial charge in [-0.05, 0) is 58.7 Å². The lowest BCUT2D eigenvalue weighted by Gasteiger charge is -2.26. The standard InChI is InChI=1S/C32H40O/c1-4-5-6-7-8-9-10-15-25-20-21-30(33)32-24(3)29-19-14-12-17-27(29)22-26-16-11-13-18-28(26)23(2)31(25)32/h11-14,16-21,23-24,33H,4-10,15,22H2,1-3H3. The molecule has 1 nitrogen and oxygen atoms in total. The van der Waals surface area contributed by atoms with Crippen molar-refractivity contribution in [2.45, 2.75) is 90.4 Å². The van der Waals surface area contributed by atoms with Crippen molar-refractivity contribution in [3.63, 3.8) is 0 Å². The van der Waals surface area contributed by atoms with Crippen LogP contribution in [-0.4, -0.2) is 5.11 Å². The van der Waals surface area contributed by atoms with E-state index in [1.54, 1.807) is 0 Å². The molecule has 33 heavy (non-hydrogen) atoms. The molecule has 3 aromatic carbocycles. The molecule has 174 valence electrons. The number of fused-ring (bicyclic) bond motifs is 3. The number of hydrogen-bond acceptors (Lipinski definition) is 1. The summed E-state index contributed by atoms with van der Waals surface area (Å²) in [6, 6.07) is 21.9. The fourth-order valence-electron chi connectivity index (χ4n) is 5.88. The van der Waals surface area contributed by atoms with E-state index >= 15 is 0 Å². The van der Waals surface area contributed by atoms with Crippen LogP contribution in [0.25, 0.3) is 0 Å². The largest absolute Gasteiger partial charge is 0.508 e. The molecule has 1 aliphatic carbocycles. The molecule has 0 fully saturated rings. The highest BCUT2D eigenvalue weighted by Gasteiger charge is 2.28. The van der Waals surface area contributed by atoms with Gasteiger partial charge in [0.25, 0.3) is 0 Å². The van der Waals surface area contributed by atoms with E-state index in [1.165, 1.54) is 78.3 Å². The molecule has 0 bridgehead atoms. The Morgan fingerprint density at radius 2 is 1.21 bits per heavy atom. The van der Waals surface area contributed by atoms with Crippen LogP contribution in [0.5, 0.6) is 5.75 Å². The zero-order valence-corrected chi connectivity index (χ0v) is 20.7. The zero-order valence-electron chi connectivity index (χ0n) is 20.7. The van der Waals surface area contributed by atoms with Crippen molar-refractivity contribution < 1.29 is 5.11 Å². The fraction of sp³-hybridized carbons (Fsp3) is 0.438. The highest BCUT2D eigenvalue weighted by atomic mass is 16.3. The van der Waals surface area contributed by atoms with E-state index in [4.69, 9.17) is 0 Å². The third-order valence-corrected chi connectivity index (χ3v) is 7.69. The Morgan fingerprint density at radius 1 is 0.667 bits per heavy atom. The van der Waals surface area contributed by atoms with Crippen molar-refractivity contribution in [1.82, 2.24) is 0 Å². The maximum atomic E-state index is 11.1. The minimum atomic E-state index is 0.168. The van der Waals surface area contributed by atoms with Crippen LogP contribution in [-0.2, 0) is 12.8 Å². The SMILES string of the molecule is CCCCCCCCCc1ccc(O)c2c1C(C)c1ccccc1Cc1ccccc1C2C. The maximum Gasteiger partial charge on any atom is 0.119 e. The van der Waals surface area contributed by atoms with E-state index in [0.717, 1.165) is 18.4 Å². The Kier molecular flexibility index (Phi) is 7.91. The number of aryl methyl sites for hydroxylation is 1. The lowest BCUT2D eigenvalue weighted by atomic mass is 9.79. The predicted octanol–water partition coefficient (Wildman–Crippen LogP) is 8.89. The molecule has 4 rings (SSSR count). The normalized spacial score (nSPS) is 17.3. The van der Waals surface area contributed by atoms with E-state index in [1.807, 2.05) is 6.07 Å². The summed E-state index contributed by atoms with van der Waals surface area (Å²) in [5.41, 5.74) is 9.42. The van der Waals surface area contributed by atoms with Gasteiger partial charge in [0, 0.05) is 17.4 Å². The predicted molar refractivity (Wildman–Crippen MR) is 141 cm³/mol. The number of phenolic OH excluding ortho intramolecular Hbond substituents is 1. The minimum absolute atomic E-state index is 0.168. The Morgan fingerprint density at radius 3 is 1.85 bits per heavy atom. The summed E-state index contributed by atoms with van der Waals surface area (Å²) in [7, 11) is 0. The van der Waals surface area contributed by atoms with Crippen LogP contribution in [0.4, 0.5) is 0 Å². The lowest BCUT2D eigenvalue weighted by molar-refractivity contribution is 0.463. The smallest absolute Gasteiger partial charge is 0.119 e. The summed E-state index contributed by atoms with van der Waals surface area (Å²) >= 11 is 0. The van der Waals surface area contributed by atoms with Crippen LogP contribution >= 0.6 is 0 Å². The monoisotopic (exact) mass is 440 g/mol. The van der Waals surface area contributed by atoms with Crippen molar-refractivity contribution in [2.75, 3.05) is 0 Å². The topological polar surface area (TPSA) is 20.2 Å². The molecule has 0 saturated heterocycles. The molecule has 0 radical (unpaired) electrons. The number of rotatable bonds is 8. The first-order valence-electron chi connectivity index (χ1n) is 13.1. The Bertz CT molecular complexity index is 1060. The minimum Gasteiger partial charge on any atom is -0.508 e. The Hall–Kier alpha value is -2.54. The molecular formula is C32H40O. The van der Waals surface area contributed by atoms with E-state index in [0.29, 0.717) is 5.75 Å². The van der Waals surface area contributed by atoms with Gasteiger partial charge in [-0.25, -0.2) is 0 Å². The average Bonchev–Trinajstić information content (AvgIpc) is 2.87. The lowest BCUT2D eigenvalue weighted by Crippen LogP contribution is -2.10. The molecule has 0 aromatic heterocycles. The molecule has 3 aromatic rings. The zero-order chi connectivity index (χ0) is 23.2. The first-order valence-corrected chi connectivity index (χ1v) is 13.1. The van der Waals surface area contributed by atoms with Crippen molar-refractivity contribution in [1.29, 1.82) is 0 Å². The molecule has 1 N–H and O–H groups in total. The van der Waals surface area contributed by atoms with E-state index in [-0.39, 0.29) is 11.8 Å². The van der Waals surface area contributed by atoms with Crippen molar-refractivity contribution >= 4 is 0 Å². The number of benzene rings is 3. The summed E-state index contributed by atoms with van der Waals surface area (Å²) in [5.74, 6) is 0.878. The second-order valence-electron chi connectivity index (χ2n) is 9.96. The van der Waals surface area contributed by atoms with Crippen molar-refractivity contribution in [3.8, 4) is 5.75 Å². The maximum absolute atomic E-state index is 11.1. The van der Waals surface area contributed by atoms with Gasteiger partial charge in [-0.1, -0.05) is 114 Å².